The van der Waals surface area contributed by atoms with E-state index in [0.717, 1.165) is 23.1 Å². The first-order chi connectivity index (χ1) is 12.4. The smallest absolute Gasteiger partial charge is 0.246 e. The van der Waals surface area contributed by atoms with Crippen molar-refractivity contribution >= 4 is 23.6 Å². The molecule has 4 nitrogen and oxygen atoms in total. The molecule has 0 fully saturated rings. The summed E-state index contributed by atoms with van der Waals surface area (Å²) in [6, 6.07) is 11.5. The molecule has 5 heteroatoms. The number of carbonyl (C=O) groups excluding carboxylic acids is 1. The lowest BCUT2D eigenvalue weighted by Crippen LogP contribution is -2.27. The first-order valence-electron chi connectivity index (χ1n) is 8.35. The van der Waals surface area contributed by atoms with Crippen molar-refractivity contribution in [2.75, 3.05) is 27.8 Å². The van der Waals surface area contributed by atoms with Crippen molar-refractivity contribution in [3.63, 3.8) is 0 Å². The van der Waals surface area contributed by atoms with E-state index in [1.165, 1.54) is 0 Å². The van der Waals surface area contributed by atoms with E-state index in [1.807, 2.05) is 43.3 Å². The average molecular weight is 374 g/mol. The molecule has 0 aliphatic carbocycles. The number of aryl methyl sites for hydroxylation is 1. The van der Waals surface area contributed by atoms with Crippen LogP contribution in [0.5, 0.6) is 11.5 Å². The maximum atomic E-state index is 12.3. The highest BCUT2D eigenvalue weighted by molar-refractivity contribution is 6.31. The van der Waals surface area contributed by atoms with Gasteiger partial charge in [0.05, 0.1) is 14.2 Å². The van der Waals surface area contributed by atoms with E-state index >= 15 is 0 Å². The SMILES string of the molecule is COc1ccc(CCN(C)C(=O)/C=C/c2ccc(C)c(Cl)c2)cc1OC. The number of carbonyl (C=O) groups is 1. The largest absolute Gasteiger partial charge is 0.493 e. The Labute approximate surface area is 160 Å². The van der Waals surface area contributed by atoms with Crippen LogP contribution in [0.25, 0.3) is 6.08 Å². The monoisotopic (exact) mass is 373 g/mol. The highest BCUT2D eigenvalue weighted by Crippen LogP contribution is 2.27. The molecule has 2 rings (SSSR count). The summed E-state index contributed by atoms with van der Waals surface area (Å²) in [4.78, 5) is 14.0. The molecule has 2 aromatic rings. The zero-order valence-electron chi connectivity index (χ0n) is 15.6. The highest BCUT2D eigenvalue weighted by atomic mass is 35.5. The molecule has 0 spiro atoms. The summed E-state index contributed by atoms with van der Waals surface area (Å²) in [7, 11) is 5.01. The van der Waals surface area contributed by atoms with Gasteiger partial charge >= 0.3 is 0 Å². The van der Waals surface area contributed by atoms with Crippen LogP contribution < -0.4 is 9.47 Å². The molecule has 1 amide bonds. The van der Waals surface area contributed by atoms with E-state index in [-0.39, 0.29) is 5.91 Å². The highest BCUT2D eigenvalue weighted by Gasteiger charge is 2.08. The van der Waals surface area contributed by atoms with Gasteiger partial charge < -0.3 is 14.4 Å². The van der Waals surface area contributed by atoms with Crippen LogP contribution in [0.4, 0.5) is 0 Å². The quantitative estimate of drug-likeness (QED) is 0.676. The third-order valence-electron chi connectivity index (χ3n) is 4.17. The van der Waals surface area contributed by atoms with Crippen LogP contribution in [0, 0.1) is 6.92 Å². The normalized spacial score (nSPS) is 10.8. The van der Waals surface area contributed by atoms with Gasteiger partial charge in [-0.25, -0.2) is 0 Å². The van der Waals surface area contributed by atoms with E-state index in [0.29, 0.717) is 23.1 Å². The Hall–Kier alpha value is -2.46. The molecule has 138 valence electrons. The van der Waals surface area contributed by atoms with Gasteiger partial charge in [0.25, 0.3) is 0 Å². The maximum absolute atomic E-state index is 12.3. The van der Waals surface area contributed by atoms with Crippen LogP contribution in [0.1, 0.15) is 16.7 Å². The van der Waals surface area contributed by atoms with Gasteiger partial charge in [-0.3, -0.25) is 4.79 Å². The minimum atomic E-state index is -0.0535. The van der Waals surface area contributed by atoms with Crippen LogP contribution in [0.3, 0.4) is 0 Å². The van der Waals surface area contributed by atoms with Crippen LogP contribution in [0.2, 0.25) is 5.02 Å². The van der Waals surface area contributed by atoms with Gasteiger partial charge in [-0.2, -0.15) is 0 Å². The lowest BCUT2D eigenvalue weighted by Gasteiger charge is -2.16. The molecule has 2 aromatic carbocycles. The van der Waals surface area contributed by atoms with Gasteiger partial charge in [-0.1, -0.05) is 29.8 Å². The molecule has 0 heterocycles. The zero-order chi connectivity index (χ0) is 19.1. The first kappa shape index (κ1) is 19.9. The Morgan fingerprint density at radius 1 is 1.12 bits per heavy atom. The van der Waals surface area contributed by atoms with Gasteiger partial charge in [0, 0.05) is 24.7 Å². The van der Waals surface area contributed by atoms with Gasteiger partial charge in [0.15, 0.2) is 11.5 Å². The Kier molecular flexibility index (Phi) is 7.10. The number of ether oxygens (including phenoxy) is 2. The molecule has 0 saturated carbocycles. The predicted octanol–water partition coefficient (Wildman–Crippen LogP) is 4.38. The number of amides is 1. The Morgan fingerprint density at radius 2 is 1.85 bits per heavy atom. The van der Waals surface area contributed by atoms with Gasteiger partial charge in [-0.15, -0.1) is 0 Å². The van der Waals surface area contributed by atoms with E-state index < -0.39 is 0 Å². The lowest BCUT2D eigenvalue weighted by molar-refractivity contribution is -0.124. The predicted molar refractivity (Wildman–Crippen MR) is 106 cm³/mol. The number of likely N-dealkylation sites (N-methyl/N-ethyl adjacent to an activating group) is 1. The van der Waals surface area contributed by atoms with Gasteiger partial charge in [-0.05, 0) is 54.3 Å². The third-order valence-corrected chi connectivity index (χ3v) is 4.58. The number of methoxy groups -OCH3 is 2. The van der Waals surface area contributed by atoms with Crippen molar-refractivity contribution in [1.82, 2.24) is 4.90 Å². The molecule has 0 radical (unpaired) electrons. The fourth-order valence-electron chi connectivity index (χ4n) is 2.45. The lowest BCUT2D eigenvalue weighted by atomic mass is 10.1. The van der Waals surface area contributed by atoms with Crippen molar-refractivity contribution in [1.29, 1.82) is 0 Å². The summed E-state index contributed by atoms with van der Waals surface area (Å²) >= 11 is 6.11. The fourth-order valence-corrected chi connectivity index (χ4v) is 2.64. The number of halogens is 1. The van der Waals surface area contributed by atoms with E-state index in [2.05, 4.69) is 0 Å². The van der Waals surface area contributed by atoms with Crippen molar-refractivity contribution in [2.45, 2.75) is 13.3 Å². The summed E-state index contributed by atoms with van der Waals surface area (Å²) in [5.41, 5.74) is 3.00. The number of benzene rings is 2. The van der Waals surface area contributed by atoms with E-state index in [1.54, 1.807) is 38.3 Å². The molecule has 0 aliphatic rings. The van der Waals surface area contributed by atoms with E-state index in [9.17, 15) is 4.79 Å². The van der Waals surface area contributed by atoms with E-state index in [4.69, 9.17) is 21.1 Å². The molecule has 0 unspecified atom stereocenters. The second kappa shape index (κ2) is 9.30. The Morgan fingerprint density at radius 3 is 2.50 bits per heavy atom. The number of hydrogen-bond acceptors (Lipinski definition) is 3. The number of rotatable bonds is 7. The molecular weight excluding hydrogens is 350 g/mol. The topological polar surface area (TPSA) is 38.8 Å². The summed E-state index contributed by atoms with van der Waals surface area (Å²) in [6.07, 6.45) is 4.07. The van der Waals surface area contributed by atoms with Crippen molar-refractivity contribution in [3.8, 4) is 11.5 Å². The fraction of sp³-hybridized carbons (Fsp3) is 0.286. The molecule has 0 aromatic heterocycles. The second-order valence-electron chi connectivity index (χ2n) is 6.04. The zero-order valence-corrected chi connectivity index (χ0v) is 16.3. The van der Waals surface area contributed by atoms with Crippen molar-refractivity contribution in [3.05, 3.63) is 64.2 Å². The Bertz CT molecular complexity index is 802. The van der Waals surface area contributed by atoms with Crippen molar-refractivity contribution < 1.29 is 14.3 Å². The summed E-state index contributed by atoms with van der Waals surface area (Å²) < 4.78 is 10.5. The summed E-state index contributed by atoms with van der Waals surface area (Å²) in [6.45, 7) is 2.55. The standard InChI is InChI=1S/C21H24ClNO3/c1-15-5-6-16(13-18(15)22)8-10-21(24)23(2)12-11-17-7-9-19(25-3)20(14-17)26-4/h5-10,13-14H,11-12H2,1-4H3/b10-8+. The van der Waals surface area contributed by atoms with Crippen molar-refractivity contribution in [2.24, 2.45) is 0 Å². The second-order valence-corrected chi connectivity index (χ2v) is 6.45. The minimum absolute atomic E-state index is 0.0535. The Balaban J connectivity index is 1.94. The van der Waals surface area contributed by atoms with Crippen LogP contribution in [0.15, 0.2) is 42.5 Å². The minimum Gasteiger partial charge on any atom is -0.493 e. The van der Waals surface area contributed by atoms with Gasteiger partial charge in [0.1, 0.15) is 0 Å². The molecule has 0 N–H and O–H groups in total. The molecular formula is C21H24ClNO3. The average Bonchev–Trinajstić information content (AvgIpc) is 2.66. The molecule has 26 heavy (non-hydrogen) atoms. The van der Waals surface area contributed by atoms with Gasteiger partial charge in [0.2, 0.25) is 5.91 Å². The third kappa shape index (κ3) is 5.27. The number of hydrogen-bond donors (Lipinski definition) is 0. The summed E-state index contributed by atoms with van der Waals surface area (Å²) in [5, 5.41) is 0.696. The molecule has 0 bridgehead atoms. The van der Waals surface area contributed by atoms with Crippen LogP contribution in [-0.2, 0) is 11.2 Å². The molecule has 0 saturated heterocycles. The van der Waals surface area contributed by atoms with Crippen LogP contribution >= 0.6 is 11.6 Å². The molecule has 0 atom stereocenters. The maximum Gasteiger partial charge on any atom is 0.246 e. The first-order valence-corrected chi connectivity index (χ1v) is 8.72. The summed E-state index contributed by atoms with van der Waals surface area (Å²) in [5.74, 6) is 1.33. The van der Waals surface area contributed by atoms with Crippen LogP contribution in [-0.4, -0.2) is 38.6 Å². The number of nitrogens with zero attached hydrogens (tertiary/aromatic N) is 1. The molecule has 0 aliphatic heterocycles.